The van der Waals surface area contributed by atoms with Crippen molar-refractivity contribution in [3.63, 3.8) is 0 Å². The van der Waals surface area contributed by atoms with Crippen LogP contribution in [0.25, 0.3) is 0 Å². The molecular formula is C16H21ClN4O3S. The molecule has 1 aromatic carbocycles. The Bertz CT molecular complexity index is 829. The summed E-state index contributed by atoms with van der Waals surface area (Å²) in [7, 11) is -3.63. The monoisotopic (exact) mass is 384 g/mol. The van der Waals surface area contributed by atoms with E-state index in [1.54, 1.807) is 32.9 Å². The summed E-state index contributed by atoms with van der Waals surface area (Å²) >= 11 is 0. The number of sulfonamides is 1. The number of halogens is 1. The van der Waals surface area contributed by atoms with Gasteiger partial charge in [-0.3, -0.25) is 4.79 Å². The number of nitrogens with one attached hydrogen (secondary N) is 2. The van der Waals surface area contributed by atoms with E-state index in [2.05, 4.69) is 15.0 Å². The van der Waals surface area contributed by atoms with Crippen molar-refractivity contribution in [2.75, 3.05) is 11.1 Å². The molecule has 0 spiro atoms. The van der Waals surface area contributed by atoms with Crippen molar-refractivity contribution in [1.29, 1.82) is 0 Å². The number of nitrogen functional groups attached to an aromatic ring is 1. The second kappa shape index (κ2) is 7.81. The molecule has 1 heterocycles. The first-order chi connectivity index (χ1) is 11.1. The molecule has 4 N–H and O–H groups in total. The third kappa shape index (κ3) is 6.00. The zero-order valence-electron chi connectivity index (χ0n) is 14.1. The van der Waals surface area contributed by atoms with Gasteiger partial charge >= 0.3 is 0 Å². The molecule has 9 heteroatoms. The number of nitrogens with two attached hydrogens (primary N) is 1. The Labute approximate surface area is 153 Å². The first-order valence-electron chi connectivity index (χ1n) is 7.24. The molecular weight excluding hydrogens is 364 g/mol. The molecule has 1 amide bonds. The summed E-state index contributed by atoms with van der Waals surface area (Å²) in [6, 6.07) is 8.90. The quantitative estimate of drug-likeness (QED) is 0.748. The van der Waals surface area contributed by atoms with Crippen molar-refractivity contribution >= 4 is 39.8 Å². The lowest BCUT2D eigenvalue weighted by Crippen LogP contribution is -2.40. The predicted molar refractivity (Wildman–Crippen MR) is 100 cm³/mol. The highest BCUT2D eigenvalue weighted by Gasteiger charge is 2.22. The van der Waals surface area contributed by atoms with Crippen LogP contribution in [0, 0.1) is 0 Å². The SMILES string of the molecule is CC(C)(C)NS(=O)(=O)c1ccc(C(=O)Nc2ccc(N)nc2)cc1.Cl. The fraction of sp³-hybridized carbons (Fsp3) is 0.250. The minimum Gasteiger partial charge on any atom is -0.384 e. The zero-order valence-corrected chi connectivity index (χ0v) is 15.7. The summed E-state index contributed by atoms with van der Waals surface area (Å²) in [4.78, 5) is 16.1. The van der Waals surface area contributed by atoms with Gasteiger partial charge in [0.05, 0.1) is 16.8 Å². The van der Waals surface area contributed by atoms with E-state index in [0.29, 0.717) is 17.1 Å². The summed E-state index contributed by atoms with van der Waals surface area (Å²) < 4.78 is 27.0. The van der Waals surface area contributed by atoms with Gasteiger partial charge in [0, 0.05) is 11.1 Å². The molecule has 2 aromatic rings. The molecule has 0 atom stereocenters. The highest BCUT2D eigenvalue weighted by atomic mass is 35.5. The van der Waals surface area contributed by atoms with E-state index in [4.69, 9.17) is 5.73 Å². The van der Waals surface area contributed by atoms with Gasteiger partial charge in [0.15, 0.2) is 0 Å². The smallest absolute Gasteiger partial charge is 0.255 e. The first-order valence-corrected chi connectivity index (χ1v) is 8.72. The molecule has 0 fully saturated rings. The number of amides is 1. The van der Waals surface area contributed by atoms with Crippen molar-refractivity contribution in [2.45, 2.75) is 31.2 Å². The van der Waals surface area contributed by atoms with E-state index < -0.39 is 15.6 Å². The normalized spacial score (nSPS) is 11.5. The molecule has 0 aliphatic heterocycles. The maximum Gasteiger partial charge on any atom is 0.255 e. The van der Waals surface area contributed by atoms with E-state index in [0.717, 1.165) is 0 Å². The Balaban J connectivity index is 0.00000312. The van der Waals surface area contributed by atoms with E-state index in [-0.39, 0.29) is 23.2 Å². The number of hydrogen-bond acceptors (Lipinski definition) is 5. The molecule has 2 rings (SSSR count). The zero-order chi connectivity index (χ0) is 18.0. The van der Waals surface area contributed by atoms with Crippen LogP contribution in [0.5, 0.6) is 0 Å². The van der Waals surface area contributed by atoms with E-state index >= 15 is 0 Å². The molecule has 0 radical (unpaired) electrons. The standard InChI is InChI=1S/C16H20N4O3S.ClH/c1-16(2,3)20-24(22,23)13-7-4-11(5-8-13)15(21)19-12-6-9-14(17)18-10-12;/h4-10,20H,1-3H3,(H2,17,18)(H,19,21);1H. The molecule has 0 saturated heterocycles. The maximum atomic E-state index is 12.2. The van der Waals surface area contributed by atoms with Gasteiger partial charge in [-0.1, -0.05) is 0 Å². The van der Waals surface area contributed by atoms with Crippen molar-refractivity contribution < 1.29 is 13.2 Å². The van der Waals surface area contributed by atoms with Gasteiger partial charge in [-0.25, -0.2) is 18.1 Å². The lowest BCUT2D eigenvalue weighted by Gasteiger charge is -2.20. The summed E-state index contributed by atoms with van der Waals surface area (Å²) in [5.74, 6) is -0.0109. The van der Waals surface area contributed by atoms with Gasteiger partial charge in [0.25, 0.3) is 5.91 Å². The van der Waals surface area contributed by atoms with Gasteiger partial charge < -0.3 is 11.1 Å². The molecule has 0 unspecified atom stereocenters. The van der Waals surface area contributed by atoms with Crippen LogP contribution in [0.1, 0.15) is 31.1 Å². The fourth-order valence-electron chi connectivity index (χ4n) is 1.93. The molecule has 0 bridgehead atoms. The highest BCUT2D eigenvalue weighted by molar-refractivity contribution is 7.89. The van der Waals surface area contributed by atoms with Gasteiger partial charge in [-0.2, -0.15) is 0 Å². The van der Waals surface area contributed by atoms with Crippen LogP contribution >= 0.6 is 12.4 Å². The van der Waals surface area contributed by atoms with Crippen LogP contribution in [0.2, 0.25) is 0 Å². The number of aromatic nitrogens is 1. The number of rotatable bonds is 4. The molecule has 0 aliphatic carbocycles. The van der Waals surface area contributed by atoms with Crippen LogP contribution < -0.4 is 15.8 Å². The number of nitrogens with zero attached hydrogens (tertiary/aromatic N) is 1. The van der Waals surface area contributed by atoms with Crippen molar-refractivity contribution in [3.8, 4) is 0 Å². The Morgan fingerprint density at radius 2 is 1.68 bits per heavy atom. The number of carbonyl (C=O) groups excluding carboxylic acids is 1. The van der Waals surface area contributed by atoms with Gasteiger partial charge in [-0.15, -0.1) is 12.4 Å². The van der Waals surface area contributed by atoms with Crippen LogP contribution in [0.3, 0.4) is 0 Å². The number of pyridine rings is 1. The van der Waals surface area contributed by atoms with Crippen LogP contribution in [-0.2, 0) is 10.0 Å². The van der Waals surface area contributed by atoms with E-state index in [1.807, 2.05) is 0 Å². The van der Waals surface area contributed by atoms with Crippen molar-refractivity contribution in [1.82, 2.24) is 9.71 Å². The topological polar surface area (TPSA) is 114 Å². The molecule has 1 aromatic heterocycles. The highest BCUT2D eigenvalue weighted by Crippen LogP contribution is 2.15. The van der Waals surface area contributed by atoms with Crippen LogP contribution in [0.15, 0.2) is 47.5 Å². The average molecular weight is 385 g/mol. The summed E-state index contributed by atoms with van der Waals surface area (Å²) in [5, 5.41) is 2.66. The first kappa shape index (κ1) is 20.9. The molecule has 0 aliphatic rings. The fourth-order valence-corrected chi connectivity index (χ4v) is 3.35. The molecule has 0 saturated carbocycles. The van der Waals surface area contributed by atoms with Gasteiger partial charge in [0.2, 0.25) is 10.0 Å². The third-order valence-corrected chi connectivity index (χ3v) is 4.69. The largest absolute Gasteiger partial charge is 0.384 e. The Morgan fingerprint density at radius 3 is 2.16 bits per heavy atom. The minimum absolute atomic E-state index is 0. The van der Waals surface area contributed by atoms with Crippen molar-refractivity contribution in [2.24, 2.45) is 0 Å². The Morgan fingerprint density at radius 1 is 1.08 bits per heavy atom. The summed E-state index contributed by atoms with van der Waals surface area (Å²) in [5.41, 5.74) is 5.73. The predicted octanol–water partition coefficient (Wildman–Crippen LogP) is 2.41. The van der Waals surface area contributed by atoms with Crippen molar-refractivity contribution in [3.05, 3.63) is 48.2 Å². The number of benzene rings is 1. The lowest BCUT2D eigenvalue weighted by molar-refractivity contribution is 0.102. The second-order valence-corrected chi connectivity index (χ2v) is 7.99. The average Bonchev–Trinajstić information content (AvgIpc) is 2.47. The lowest BCUT2D eigenvalue weighted by atomic mass is 10.1. The summed E-state index contributed by atoms with van der Waals surface area (Å²) in [6.07, 6.45) is 1.44. The Kier molecular flexibility index (Phi) is 6.53. The number of carbonyl (C=O) groups is 1. The van der Waals surface area contributed by atoms with Crippen LogP contribution in [0.4, 0.5) is 11.5 Å². The van der Waals surface area contributed by atoms with Gasteiger partial charge in [0.1, 0.15) is 5.82 Å². The Hall–Kier alpha value is -2.16. The number of anilines is 2. The minimum atomic E-state index is -3.63. The van der Waals surface area contributed by atoms with E-state index in [1.165, 1.54) is 30.5 Å². The summed E-state index contributed by atoms with van der Waals surface area (Å²) in [6.45, 7) is 5.27. The molecule has 25 heavy (non-hydrogen) atoms. The molecule has 136 valence electrons. The second-order valence-electron chi connectivity index (χ2n) is 6.31. The maximum absolute atomic E-state index is 12.2. The molecule has 7 nitrogen and oxygen atoms in total. The van der Waals surface area contributed by atoms with E-state index in [9.17, 15) is 13.2 Å². The third-order valence-electron chi connectivity index (χ3n) is 2.91. The number of hydrogen-bond donors (Lipinski definition) is 3. The van der Waals surface area contributed by atoms with Crippen LogP contribution in [-0.4, -0.2) is 24.8 Å². The van der Waals surface area contributed by atoms with Gasteiger partial charge in [-0.05, 0) is 57.2 Å².